The molecule has 0 aromatic carbocycles. The number of nitrogens with zero attached hydrogens (tertiary/aromatic N) is 1. The summed E-state index contributed by atoms with van der Waals surface area (Å²) in [7, 11) is 0. The molecule has 1 aromatic heterocycles. The Morgan fingerprint density at radius 3 is 2.13 bits per heavy atom. The number of rotatable bonds is 6. The van der Waals surface area contributed by atoms with E-state index < -0.39 is 0 Å². The Kier molecular flexibility index (Phi) is 5.33. The fraction of sp³-hybridized carbons (Fsp3) is 0.615. The Balaban J connectivity index is 2.64. The van der Waals surface area contributed by atoms with E-state index in [2.05, 4.69) is 43.2 Å². The lowest BCUT2D eigenvalue weighted by Gasteiger charge is -2.23. The molecule has 0 saturated carbocycles. The molecule has 0 spiro atoms. The lowest BCUT2D eigenvalue weighted by Crippen LogP contribution is -2.31. The smallest absolute Gasteiger partial charge is 0.0321 e. The zero-order valence-corrected chi connectivity index (χ0v) is 10.0. The van der Waals surface area contributed by atoms with E-state index in [4.69, 9.17) is 0 Å². The van der Waals surface area contributed by atoms with E-state index in [1.807, 2.05) is 12.4 Å². The molecular weight excluding hydrogens is 184 g/mol. The summed E-state index contributed by atoms with van der Waals surface area (Å²) in [6.07, 6.45) is 7.25. The molecule has 0 saturated heterocycles. The maximum absolute atomic E-state index is 4.05. The van der Waals surface area contributed by atoms with Crippen molar-refractivity contribution in [1.29, 1.82) is 0 Å². The van der Waals surface area contributed by atoms with E-state index in [0.717, 1.165) is 6.42 Å². The van der Waals surface area contributed by atoms with Gasteiger partial charge in [-0.2, -0.15) is 0 Å². The van der Waals surface area contributed by atoms with Gasteiger partial charge in [-0.15, -0.1) is 0 Å². The molecule has 0 amide bonds. The fourth-order valence-electron chi connectivity index (χ4n) is 1.85. The van der Waals surface area contributed by atoms with Crippen LogP contribution in [0.3, 0.4) is 0 Å². The van der Waals surface area contributed by atoms with Gasteiger partial charge in [-0.3, -0.25) is 4.98 Å². The predicted molar refractivity (Wildman–Crippen MR) is 64.8 cm³/mol. The highest BCUT2D eigenvalue weighted by Gasteiger charge is 2.12. The highest BCUT2D eigenvalue weighted by Crippen LogP contribution is 2.17. The standard InChI is InChI=1S/C13H22N2/c1-4-12(5-2)15-13(6-3)11-7-9-14-10-8-11/h7-10,12-13,15H,4-6H2,1-3H3. The number of nitrogens with one attached hydrogen (secondary N) is 1. The van der Waals surface area contributed by atoms with Crippen molar-refractivity contribution in [3.8, 4) is 0 Å². The summed E-state index contributed by atoms with van der Waals surface area (Å²) in [5.41, 5.74) is 1.35. The van der Waals surface area contributed by atoms with E-state index >= 15 is 0 Å². The van der Waals surface area contributed by atoms with Crippen molar-refractivity contribution in [3.63, 3.8) is 0 Å². The van der Waals surface area contributed by atoms with Gasteiger partial charge in [0.2, 0.25) is 0 Å². The molecule has 1 N–H and O–H groups in total. The molecule has 1 atom stereocenters. The third kappa shape index (κ3) is 3.63. The monoisotopic (exact) mass is 206 g/mol. The second-order valence-electron chi connectivity index (χ2n) is 3.92. The molecule has 1 heterocycles. The largest absolute Gasteiger partial charge is 0.307 e. The van der Waals surface area contributed by atoms with Crippen LogP contribution in [0.2, 0.25) is 0 Å². The average Bonchev–Trinajstić information content (AvgIpc) is 2.32. The van der Waals surface area contributed by atoms with Crippen molar-refractivity contribution in [3.05, 3.63) is 30.1 Å². The van der Waals surface area contributed by atoms with Gasteiger partial charge in [-0.25, -0.2) is 0 Å². The number of pyridine rings is 1. The fourth-order valence-corrected chi connectivity index (χ4v) is 1.85. The van der Waals surface area contributed by atoms with E-state index in [9.17, 15) is 0 Å². The molecule has 0 bridgehead atoms. The first-order valence-corrected chi connectivity index (χ1v) is 5.97. The average molecular weight is 206 g/mol. The van der Waals surface area contributed by atoms with Crippen LogP contribution in [0.1, 0.15) is 51.6 Å². The summed E-state index contributed by atoms with van der Waals surface area (Å²) >= 11 is 0. The Labute approximate surface area is 93.1 Å². The minimum absolute atomic E-state index is 0.470. The van der Waals surface area contributed by atoms with Crippen molar-refractivity contribution in [1.82, 2.24) is 10.3 Å². The topological polar surface area (TPSA) is 24.9 Å². The molecule has 2 heteroatoms. The quantitative estimate of drug-likeness (QED) is 0.772. The van der Waals surface area contributed by atoms with Crippen molar-refractivity contribution in [2.45, 2.75) is 52.1 Å². The molecule has 0 aliphatic carbocycles. The van der Waals surface area contributed by atoms with Crippen molar-refractivity contribution in [2.24, 2.45) is 0 Å². The minimum Gasteiger partial charge on any atom is -0.307 e. The van der Waals surface area contributed by atoms with Crippen molar-refractivity contribution < 1.29 is 0 Å². The molecule has 0 fully saturated rings. The Bertz CT molecular complexity index is 254. The Morgan fingerprint density at radius 1 is 1.07 bits per heavy atom. The summed E-state index contributed by atoms with van der Waals surface area (Å²) in [6, 6.07) is 5.30. The lowest BCUT2D eigenvalue weighted by atomic mass is 10.0. The van der Waals surface area contributed by atoms with E-state index in [-0.39, 0.29) is 0 Å². The minimum atomic E-state index is 0.470. The van der Waals surface area contributed by atoms with Gasteiger partial charge >= 0.3 is 0 Å². The van der Waals surface area contributed by atoms with Crippen LogP contribution in [0.4, 0.5) is 0 Å². The normalized spacial score (nSPS) is 13.1. The van der Waals surface area contributed by atoms with Crippen LogP contribution >= 0.6 is 0 Å². The molecular formula is C13H22N2. The van der Waals surface area contributed by atoms with Crippen LogP contribution in [0.25, 0.3) is 0 Å². The van der Waals surface area contributed by atoms with Gasteiger partial charge in [-0.1, -0.05) is 20.8 Å². The molecule has 0 aliphatic heterocycles. The van der Waals surface area contributed by atoms with Crippen LogP contribution in [0.15, 0.2) is 24.5 Å². The second-order valence-corrected chi connectivity index (χ2v) is 3.92. The summed E-state index contributed by atoms with van der Waals surface area (Å²) in [4.78, 5) is 4.05. The molecule has 2 nitrogen and oxygen atoms in total. The molecule has 0 radical (unpaired) electrons. The van der Waals surface area contributed by atoms with E-state index in [1.165, 1.54) is 18.4 Å². The van der Waals surface area contributed by atoms with Gasteiger partial charge in [0.15, 0.2) is 0 Å². The summed E-state index contributed by atoms with van der Waals surface area (Å²) < 4.78 is 0. The summed E-state index contributed by atoms with van der Waals surface area (Å²) in [6.45, 7) is 6.70. The number of hydrogen-bond acceptors (Lipinski definition) is 2. The van der Waals surface area contributed by atoms with Crippen LogP contribution in [0.5, 0.6) is 0 Å². The van der Waals surface area contributed by atoms with E-state index in [0.29, 0.717) is 12.1 Å². The SMILES string of the molecule is CCC(CC)NC(CC)c1ccncc1. The zero-order chi connectivity index (χ0) is 11.1. The zero-order valence-electron chi connectivity index (χ0n) is 10.0. The van der Waals surface area contributed by atoms with E-state index in [1.54, 1.807) is 0 Å². The highest BCUT2D eigenvalue weighted by atomic mass is 14.9. The third-order valence-corrected chi connectivity index (χ3v) is 2.94. The van der Waals surface area contributed by atoms with Crippen LogP contribution in [-0.4, -0.2) is 11.0 Å². The second kappa shape index (κ2) is 6.57. The Hall–Kier alpha value is -0.890. The summed E-state index contributed by atoms with van der Waals surface area (Å²) in [5.74, 6) is 0. The number of hydrogen-bond donors (Lipinski definition) is 1. The molecule has 1 unspecified atom stereocenters. The first-order chi connectivity index (χ1) is 7.31. The third-order valence-electron chi connectivity index (χ3n) is 2.94. The number of aromatic nitrogens is 1. The molecule has 1 rings (SSSR count). The predicted octanol–water partition coefficient (Wildman–Crippen LogP) is 3.31. The maximum Gasteiger partial charge on any atom is 0.0321 e. The van der Waals surface area contributed by atoms with Crippen molar-refractivity contribution in [2.75, 3.05) is 0 Å². The van der Waals surface area contributed by atoms with Gasteiger partial charge in [-0.05, 0) is 37.0 Å². The first-order valence-electron chi connectivity index (χ1n) is 5.97. The van der Waals surface area contributed by atoms with Gasteiger partial charge in [0.05, 0.1) is 0 Å². The maximum atomic E-state index is 4.05. The Morgan fingerprint density at radius 2 is 1.67 bits per heavy atom. The van der Waals surface area contributed by atoms with Crippen LogP contribution < -0.4 is 5.32 Å². The first kappa shape index (κ1) is 12.2. The van der Waals surface area contributed by atoms with Crippen LogP contribution in [0, 0.1) is 0 Å². The van der Waals surface area contributed by atoms with Gasteiger partial charge in [0.1, 0.15) is 0 Å². The molecule has 0 aliphatic rings. The summed E-state index contributed by atoms with van der Waals surface area (Å²) in [5, 5.41) is 3.69. The van der Waals surface area contributed by atoms with Gasteiger partial charge in [0.25, 0.3) is 0 Å². The molecule has 84 valence electrons. The lowest BCUT2D eigenvalue weighted by molar-refractivity contribution is 0.407. The van der Waals surface area contributed by atoms with Gasteiger partial charge in [0, 0.05) is 24.5 Å². The molecule has 15 heavy (non-hydrogen) atoms. The molecule has 1 aromatic rings. The highest BCUT2D eigenvalue weighted by molar-refractivity contribution is 5.14. The van der Waals surface area contributed by atoms with Crippen molar-refractivity contribution >= 4 is 0 Å². The van der Waals surface area contributed by atoms with Crippen LogP contribution in [-0.2, 0) is 0 Å². The van der Waals surface area contributed by atoms with Gasteiger partial charge < -0.3 is 5.32 Å².